The molecule has 9 nitrogen and oxygen atoms in total. The van der Waals surface area contributed by atoms with Crippen molar-refractivity contribution in [3.8, 4) is 16.9 Å². The van der Waals surface area contributed by atoms with Gasteiger partial charge in [0.15, 0.2) is 0 Å². The van der Waals surface area contributed by atoms with Gasteiger partial charge in [-0.05, 0) is 54.5 Å². The summed E-state index contributed by atoms with van der Waals surface area (Å²) in [4.78, 5) is 19.6. The maximum atomic E-state index is 13.2. The predicted octanol–water partition coefficient (Wildman–Crippen LogP) is 6.16. The summed E-state index contributed by atoms with van der Waals surface area (Å²) in [6.45, 7) is 4.88. The smallest absolute Gasteiger partial charge is 0.222 e. The number of hydrogen-bond acceptors (Lipinski definition) is 8. The molecule has 3 aromatic carbocycles. The van der Waals surface area contributed by atoms with E-state index in [4.69, 9.17) is 24.6 Å². The van der Waals surface area contributed by atoms with Gasteiger partial charge in [-0.1, -0.05) is 66.7 Å². The fraction of sp³-hybridized carbons (Fsp3) is 0.441. The number of nitrogens with zero attached hydrogens (tertiary/aromatic N) is 2. The number of piperidine rings is 1. The van der Waals surface area contributed by atoms with Crippen molar-refractivity contribution in [2.75, 3.05) is 40.0 Å². The van der Waals surface area contributed by atoms with Crippen LogP contribution in [0.5, 0.6) is 5.75 Å². The second-order valence-corrected chi connectivity index (χ2v) is 10.9. The molecule has 1 heterocycles. The number of likely N-dealkylation sites (tertiary alicyclic amines) is 1. The highest BCUT2D eigenvalue weighted by molar-refractivity contribution is 5.76. The lowest BCUT2D eigenvalue weighted by Crippen LogP contribution is -2.46. The van der Waals surface area contributed by atoms with Gasteiger partial charge in [0.25, 0.3) is 0 Å². The lowest BCUT2D eigenvalue weighted by atomic mass is 9.85. The highest BCUT2D eigenvalue weighted by atomic mass is 17.1. The lowest BCUT2D eigenvalue weighted by Gasteiger charge is -2.39. The molecule has 232 valence electrons. The minimum Gasteiger partial charge on any atom is -0.493 e. The third kappa shape index (κ3) is 10.1. The standard InChI is InChI=1S/C34H44N2O7/c1-26-15-16-30(32(22-26)41-20-9-19-40-2)25-42-33-24-35(34(37)14-6-7-21-43-36(38)39)18-17-31(33)29-13-8-12-28(23-29)27-10-4-3-5-11-27/h3-5,8,10-13,15-16,22-23,31,33,38-39H,6-7,9,14,17-21,24-25H2,1-2H3/t31-,33?/m1/s1. The number of carbonyl (C=O) groups excluding carboxylic acids is 1. The van der Waals surface area contributed by atoms with E-state index in [1.807, 2.05) is 36.1 Å². The van der Waals surface area contributed by atoms with Crippen LogP contribution in [0.25, 0.3) is 11.1 Å². The summed E-state index contributed by atoms with van der Waals surface area (Å²) in [5.74, 6) is 0.999. The van der Waals surface area contributed by atoms with Crippen LogP contribution in [-0.2, 0) is 25.7 Å². The molecule has 1 aliphatic rings. The largest absolute Gasteiger partial charge is 0.493 e. The zero-order valence-electron chi connectivity index (χ0n) is 25.2. The highest BCUT2D eigenvalue weighted by Crippen LogP contribution is 2.34. The number of hydrogen-bond donors (Lipinski definition) is 2. The first-order valence-electron chi connectivity index (χ1n) is 15.0. The molecule has 2 atom stereocenters. The van der Waals surface area contributed by atoms with Gasteiger partial charge in [0.05, 0.1) is 31.3 Å². The normalized spacial score (nSPS) is 16.9. The summed E-state index contributed by atoms with van der Waals surface area (Å²) in [6.07, 6.45) is 2.87. The van der Waals surface area contributed by atoms with Gasteiger partial charge in [0.2, 0.25) is 5.91 Å². The monoisotopic (exact) mass is 592 g/mol. The maximum absolute atomic E-state index is 13.2. The number of rotatable bonds is 16. The zero-order chi connectivity index (χ0) is 30.4. The van der Waals surface area contributed by atoms with E-state index < -0.39 is 0 Å². The van der Waals surface area contributed by atoms with Crippen LogP contribution in [0, 0.1) is 6.92 Å². The molecule has 1 fully saturated rings. The predicted molar refractivity (Wildman–Crippen MR) is 163 cm³/mol. The number of methoxy groups -OCH3 is 1. The molecule has 3 aromatic rings. The van der Waals surface area contributed by atoms with Crippen LogP contribution in [-0.4, -0.2) is 72.7 Å². The van der Waals surface area contributed by atoms with E-state index >= 15 is 0 Å². The second kappa shape index (κ2) is 17.1. The molecule has 0 radical (unpaired) electrons. The van der Waals surface area contributed by atoms with Gasteiger partial charge in [-0.25, -0.2) is 0 Å². The highest BCUT2D eigenvalue weighted by Gasteiger charge is 2.33. The van der Waals surface area contributed by atoms with Crippen LogP contribution in [0.1, 0.15) is 54.7 Å². The number of aryl methyl sites for hydroxylation is 1. The Bertz CT molecular complexity index is 1270. The molecule has 0 aromatic heterocycles. The van der Waals surface area contributed by atoms with Gasteiger partial charge in [0.1, 0.15) is 5.75 Å². The van der Waals surface area contributed by atoms with Crippen molar-refractivity contribution in [1.82, 2.24) is 10.3 Å². The third-order valence-electron chi connectivity index (χ3n) is 7.75. The van der Waals surface area contributed by atoms with Gasteiger partial charge < -0.3 is 19.1 Å². The summed E-state index contributed by atoms with van der Waals surface area (Å²) in [5.41, 5.74) is 5.62. The van der Waals surface area contributed by atoms with Crippen LogP contribution >= 0.6 is 0 Å². The Morgan fingerprint density at radius 2 is 1.74 bits per heavy atom. The molecule has 1 aliphatic heterocycles. The topological polar surface area (TPSA) is 101 Å². The molecule has 2 N–H and O–H groups in total. The Labute approximate surface area is 254 Å². The Morgan fingerprint density at radius 1 is 0.930 bits per heavy atom. The average molecular weight is 593 g/mol. The molecule has 1 amide bonds. The second-order valence-electron chi connectivity index (χ2n) is 10.9. The summed E-state index contributed by atoms with van der Waals surface area (Å²) in [6, 6.07) is 25.1. The minimum atomic E-state index is -0.300. The van der Waals surface area contributed by atoms with E-state index in [1.165, 1.54) is 11.1 Å². The van der Waals surface area contributed by atoms with E-state index in [0.29, 0.717) is 52.2 Å². The number of carbonyl (C=O) groups is 1. The van der Waals surface area contributed by atoms with Crippen LogP contribution in [0.15, 0.2) is 72.8 Å². The van der Waals surface area contributed by atoms with E-state index in [0.717, 1.165) is 35.3 Å². The molecule has 0 aliphatic carbocycles. The molecule has 0 spiro atoms. The van der Waals surface area contributed by atoms with Gasteiger partial charge in [-0.2, -0.15) is 0 Å². The first-order valence-corrected chi connectivity index (χ1v) is 15.0. The van der Waals surface area contributed by atoms with Crippen molar-refractivity contribution >= 4 is 5.91 Å². The molecule has 0 saturated carbocycles. The summed E-state index contributed by atoms with van der Waals surface area (Å²) >= 11 is 0. The van der Waals surface area contributed by atoms with Gasteiger partial charge >= 0.3 is 0 Å². The Hall–Kier alpha value is -3.31. The van der Waals surface area contributed by atoms with Crippen molar-refractivity contribution in [3.63, 3.8) is 0 Å². The van der Waals surface area contributed by atoms with Crippen LogP contribution in [0.4, 0.5) is 0 Å². The summed E-state index contributed by atoms with van der Waals surface area (Å²) in [5, 5.41) is 17.1. The van der Waals surface area contributed by atoms with Crippen molar-refractivity contribution in [1.29, 1.82) is 0 Å². The minimum absolute atomic E-state index is 0.0624. The molecule has 0 bridgehead atoms. The van der Waals surface area contributed by atoms with Crippen molar-refractivity contribution in [2.45, 2.75) is 57.7 Å². The van der Waals surface area contributed by atoms with Crippen molar-refractivity contribution in [3.05, 3.63) is 89.5 Å². The Balaban J connectivity index is 1.48. The summed E-state index contributed by atoms with van der Waals surface area (Å²) in [7, 11) is 1.69. The fourth-order valence-corrected chi connectivity index (χ4v) is 5.45. The van der Waals surface area contributed by atoms with Gasteiger partial charge in [-0.15, -0.1) is 0 Å². The Kier molecular flexibility index (Phi) is 13.0. The molecule has 9 heteroatoms. The SMILES string of the molecule is COCCCOc1cc(C)ccc1COC1CN(C(=O)CCCCON(O)O)CC[C@@H]1c1cccc(-c2ccccc2)c1. The molecule has 43 heavy (non-hydrogen) atoms. The van der Waals surface area contributed by atoms with Gasteiger partial charge in [-0.3, -0.25) is 20.0 Å². The van der Waals surface area contributed by atoms with Crippen LogP contribution < -0.4 is 4.74 Å². The van der Waals surface area contributed by atoms with Crippen LogP contribution in [0.2, 0.25) is 0 Å². The number of benzene rings is 3. The van der Waals surface area contributed by atoms with Gasteiger partial charge in [0, 0.05) is 51.1 Å². The molecule has 1 unspecified atom stereocenters. The van der Waals surface area contributed by atoms with Crippen LogP contribution in [0.3, 0.4) is 0 Å². The molecule has 4 rings (SSSR count). The first-order chi connectivity index (χ1) is 20.9. The molecular formula is C34H44N2O7. The number of ether oxygens (including phenoxy) is 3. The number of amides is 1. The first kappa shape index (κ1) is 32.6. The quantitative estimate of drug-likeness (QED) is 0.151. The average Bonchev–Trinajstić information content (AvgIpc) is 3.02. The van der Waals surface area contributed by atoms with E-state index in [9.17, 15) is 4.79 Å². The van der Waals surface area contributed by atoms with E-state index in [-0.39, 0.29) is 29.9 Å². The summed E-state index contributed by atoms with van der Waals surface area (Å²) < 4.78 is 17.9. The van der Waals surface area contributed by atoms with Crippen molar-refractivity contribution in [2.24, 2.45) is 0 Å². The maximum Gasteiger partial charge on any atom is 0.222 e. The van der Waals surface area contributed by atoms with E-state index in [1.54, 1.807) is 7.11 Å². The molecular weight excluding hydrogens is 548 g/mol. The van der Waals surface area contributed by atoms with E-state index in [2.05, 4.69) is 53.4 Å². The van der Waals surface area contributed by atoms with Crippen molar-refractivity contribution < 1.29 is 34.3 Å². The lowest BCUT2D eigenvalue weighted by molar-refractivity contribution is -0.492. The molecule has 1 saturated heterocycles. The zero-order valence-corrected chi connectivity index (χ0v) is 25.2. The Morgan fingerprint density at radius 3 is 2.53 bits per heavy atom. The third-order valence-corrected chi connectivity index (χ3v) is 7.75. The fourth-order valence-electron chi connectivity index (χ4n) is 5.45. The number of unbranched alkanes of at least 4 members (excludes halogenated alkanes) is 1.